The number of hydrogen-bond acceptors (Lipinski definition) is 5. The Labute approximate surface area is 345 Å². The van der Waals surface area contributed by atoms with E-state index in [2.05, 4.69) is 46.6 Å². The maximum Gasteiger partial charge on any atom is 0.306 e. The average Bonchev–Trinajstić information content (AvgIpc) is 3.17. The normalized spacial score (nSPS) is 11.8. The molecule has 0 aliphatic rings. The fourth-order valence-electron chi connectivity index (χ4n) is 8.22. The van der Waals surface area contributed by atoms with Crippen LogP contribution in [0.2, 0.25) is 0 Å². The highest BCUT2D eigenvalue weighted by molar-refractivity contribution is 5.70. The molecule has 0 aromatic carbocycles. The van der Waals surface area contributed by atoms with E-state index in [0.717, 1.165) is 25.3 Å². The maximum atomic E-state index is 12.5. The molecular formula is C50H99NO4. The zero-order valence-corrected chi connectivity index (χ0v) is 38.4. The molecule has 328 valence electrons. The first kappa shape index (κ1) is 53.9. The fraction of sp³-hybridized carbons (Fsp3) is 0.960. The third kappa shape index (κ3) is 38.2. The second-order valence-electron chi connectivity index (χ2n) is 17.6. The molecule has 0 saturated heterocycles. The number of rotatable bonds is 44. The SMILES string of the molecule is CCCCCC(CCCCC)CC(=O)OCCCCCCCCCC(CCCCCCCCCOC(=O)CC(CCCCC)CCCCC)CCN(C)CC. The van der Waals surface area contributed by atoms with Crippen molar-refractivity contribution in [2.75, 3.05) is 33.4 Å². The number of esters is 2. The fourth-order valence-corrected chi connectivity index (χ4v) is 8.22. The van der Waals surface area contributed by atoms with Crippen molar-refractivity contribution in [2.24, 2.45) is 17.8 Å². The Hall–Kier alpha value is -1.10. The van der Waals surface area contributed by atoms with Crippen molar-refractivity contribution >= 4 is 11.9 Å². The van der Waals surface area contributed by atoms with Gasteiger partial charge < -0.3 is 14.4 Å². The number of unbranched alkanes of at least 4 members (excludes halogenated alkanes) is 20. The molecule has 0 aromatic rings. The number of nitrogens with zero attached hydrogens (tertiary/aromatic N) is 1. The van der Waals surface area contributed by atoms with E-state index in [1.807, 2.05) is 0 Å². The van der Waals surface area contributed by atoms with Gasteiger partial charge in [-0.2, -0.15) is 0 Å². The standard InChI is InChI=1S/C50H99NO4/c1-7-12-26-36-47(37-27-13-8-2)44-49(52)54-42-32-24-20-16-18-22-30-34-46(40-41-51(6)11-5)35-31-23-19-17-21-25-33-43-55-50(53)45-48(38-28-14-9-3)39-29-15-10-4/h46-48H,7-45H2,1-6H3. The van der Waals surface area contributed by atoms with E-state index < -0.39 is 0 Å². The first-order chi connectivity index (χ1) is 26.9. The van der Waals surface area contributed by atoms with Gasteiger partial charge in [0.25, 0.3) is 0 Å². The van der Waals surface area contributed by atoms with Crippen molar-refractivity contribution in [3.05, 3.63) is 0 Å². The highest BCUT2D eigenvalue weighted by Crippen LogP contribution is 2.25. The lowest BCUT2D eigenvalue weighted by Crippen LogP contribution is -2.21. The van der Waals surface area contributed by atoms with Gasteiger partial charge >= 0.3 is 11.9 Å². The molecular weight excluding hydrogens is 679 g/mol. The highest BCUT2D eigenvalue weighted by Gasteiger charge is 2.16. The third-order valence-corrected chi connectivity index (χ3v) is 12.3. The van der Waals surface area contributed by atoms with Gasteiger partial charge in [0.05, 0.1) is 13.2 Å². The molecule has 0 unspecified atom stereocenters. The quantitative estimate of drug-likeness (QED) is 0.0455. The molecule has 0 fully saturated rings. The zero-order chi connectivity index (χ0) is 40.5. The molecule has 55 heavy (non-hydrogen) atoms. The number of carbonyl (C=O) groups is 2. The molecule has 0 amide bonds. The Bertz CT molecular complexity index is 725. The van der Waals surface area contributed by atoms with E-state index in [0.29, 0.717) is 37.9 Å². The molecule has 0 rings (SSSR count). The Morgan fingerprint density at radius 1 is 0.382 bits per heavy atom. The van der Waals surface area contributed by atoms with Crippen molar-refractivity contribution in [3.63, 3.8) is 0 Å². The van der Waals surface area contributed by atoms with Crippen LogP contribution in [0, 0.1) is 17.8 Å². The largest absolute Gasteiger partial charge is 0.466 e. The van der Waals surface area contributed by atoms with Gasteiger partial charge in [0.1, 0.15) is 0 Å². The molecule has 0 bridgehead atoms. The van der Waals surface area contributed by atoms with E-state index in [1.165, 1.54) is 206 Å². The Balaban J connectivity index is 4.05. The van der Waals surface area contributed by atoms with Gasteiger partial charge in [0.15, 0.2) is 0 Å². The molecule has 5 heteroatoms. The van der Waals surface area contributed by atoms with Crippen molar-refractivity contribution in [2.45, 2.75) is 259 Å². The minimum absolute atomic E-state index is 0.0401. The second kappa shape index (κ2) is 42.5. The van der Waals surface area contributed by atoms with Crippen molar-refractivity contribution in [1.82, 2.24) is 4.90 Å². The third-order valence-electron chi connectivity index (χ3n) is 12.3. The summed E-state index contributed by atoms with van der Waals surface area (Å²) in [7, 11) is 2.26. The summed E-state index contributed by atoms with van der Waals surface area (Å²) >= 11 is 0. The molecule has 0 N–H and O–H groups in total. The minimum atomic E-state index is 0.0401. The lowest BCUT2D eigenvalue weighted by molar-refractivity contribution is -0.146. The highest BCUT2D eigenvalue weighted by atomic mass is 16.5. The van der Waals surface area contributed by atoms with Crippen LogP contribution in [0.1, 0.15) is 259 Å². The summed E-state index contributed by atoms with van der Waals surface area (Å²) in [5.41, 5.74) is 0. The summed E-state index contributed by atoms with van der Waals surface area (Å²) in [5.74, 6) is 1.99. The van der Waals surface area contributed by atoms with Crippen molar-refractivity contribution in [3.8, 4) is 0 Å². The summed E-state index contributed by atoms with van der Waals surface area (Å²) in [5, 5.41) is 0. The molecule has 0 radical (unpaired) electrons. The van der Waals surface area contributed by atoms with Crippen molar-refractivity contribution < 1.29 is 19.1 Å². The van der Waals surface area contributed by atoms with Crippen LogP contribution in [-0.4, -0.2) is 50.2 Å². The van der Waals surface area contributed by atoms with Crippen LogP contribution in [0.4, 0.5) is 0 Å². The van der Waals surface area contributed by atoms with E-state index >= 15 is 0 Å². The van der Waals surface area contributed by atoms with Crippen LogP contribution in [0.5, 0.6) is 0 Å². The zero-order valence-electron chi connectivity index (χ0n) is 38.4. The molecule has 0 saturated carbocycles. The van der Waals surface area contributed by atoms with Crippen molar-refractivity contribution in [1.29, 1.82) is 0 Å². The Morgan fingerprint density at radius 3 is 1.00 bits per heavy atom. The monoisotopic (exact) mass is 778 g/mol. The van der Waals surface area contributed by atoms with Crippen LogP contribution in [0.3, 0.4) is 0 Å². The predicted octanol–water partition coefficient (Wildman–Crippen LogP) is 15.6. The lowest BCUT2D eigenvalue weighted by atomic mass is 9.91. The van der Waals surface area contributed by atoms with Gasteiger partial charge in [0.2, 0.25) is 0 Å². The maximum absolute atomic E-state index is 12.5. The van der Waals surface area contributed by atoms with E-state index in [1.54, 1.807) is 0 Å². The van der Waals surface area contributed by atoms with Gasteiger partial charge in [-0.1, -0.05) is 202 Å². The topological polar surface area (TPSA) is 55.8 Å². The number of carbonyl (C=O) groups excluding carboxylic acids is 2. The first-order valence-corrected chi connectivity index (χ1v) is 24.9. The van der Waals surface area contributed by atoms with Gasteiger partial charge in [-0.05, 0) is 82.8 Å². The van der Waals surface area contributed by atoms with Crippen LogP contribution >= 0.6 is 0 Å². The van der Waals surface area contributed by atoms with Crippen LogP contribution in [0.25, 0.3) is 0 Å². The van der Waals surface area contributed by atoms with Gasteiger partial charge in [-0.15, -0.1) is 0 Å². The summed E-state index contributed by atoms with van der Waals surface area (Å²) in [4.78, 5) is 27.5. The molecule has 0 spiro atoms. The smallest absolute Gasteiger partial charge is 0.306 e. The minimum Gasteiger partial charge on any atom is -0.466 e. The summed E-state index contributed by atoms with van der Waals surface area (Å²) in [6, 6.07) is 0. The van der Waals surface area contributed by atoms with E-state index in [4.69, 9.17) is 9.47 Å². The predicted molar refractivity (Wildman–Crippen MR) is 240 cm³/mol. The number of hydrogen-bond donors (Lipinski definition) is 0. The lowest BCUT2D eigenvalue weighted by Gasteiger charge is -2.21. The Kier molecular flexibility index (Phi) is 41.7. The van der Waals surface area contributed by atoms with Gasteiger partial charge in [0, 0.05) is 12.8 Å². The molecule has 0 aliphatic heterocycles. The van der Waals surface area contributed by atoms with Crippen LogP contribution in [0.15, 0.2) is 0 Å². The van der Waals surface area contributed by atoms with E-state index in [-0.39, 0.29) is 11.9 Å². The molecule has 0 aromatic heterocycles. The summed E-state index contributed by atoms with van der Waals surface area (Å²) in [6.07, 6.45) is 42.9. The molecule has 5 nitrogen and oxygen atoms in total. The average molecular weight is 778 g/mol. The van der Waals surface area contributed by atoms with Crippen LogP contribution in [-0.2, 0) is 19.1 Å². The van der Waals surface area contributed by atoms with E-state index in [9.17, 15) is 9.59 Å². The van der Waals surface area contributed by atoms with Crippen LogP contribution < -0.4 is 0 Å². The van der Waals surface area contributed by atoms with Gasteiger partial charge in [-0.3, -0.25) is 9.59 Å². The summed E-state index contributed by atoms with van der Waals surface area (Å²) < 4.78 is 11.3. The Morgan fingerprint density at radius 2 is 0.673 bits per heavy atom. The molecule has 0 heterocycles. The molecule has 0 atom stereocenters. The summed E-state index contributed by atoms with van der Waals surface area (Å²) in [6.45, 7) is 14.9. The van der Waals surface area contributed by atoms with Gasteiger partial charge in [-0.25, -0.2) is 0 Å². The number of ether oxygens (including phenoxy) is 2. The second-order valence-corrected chi connectivity index (χ2v) is 17.6. The first-order valence-electron chi connectivity index (χ1n) is 24.9. The molecule has 0 aliphatic carbocycles.